The predicted molar refractivity (Wildman–Crippen MR) is 64.1 cm³/mol. The maximum Gasteiger partial charge on any atom is 0.157 e. The number of aromatic nitrogens is 2. The molecule has 5 heteroatoms. The van der Waals surface area contributed by atoms with E-state index in [0.717, 1.165) is 23.2 Å². The average molecular weight is 224 g/mol. The standard InChI is InChI=1S/C10H16N4S/c1-7-6-15-10(12-7)11-4-9-5-14(3)13-8(9)2/h5,7H,4,6H2,1-3H3,(H,11,12). The van der Waals surface area contributed by atoms with Gasteiger partial charge in [-0.3, -0.25) is 9.67 Å². The van der Waals surface area contributed by atoms with E-state index >= 15 is 0 Å². The summed E-state index contributed by atoms with van der Waals surface area (Å²) < 4.78 is 1.84. The van der Waals surface area contributed by atoms with Gasteiger partial charge in [0.15, 0.2) is 5.17 Å². The predicted octanol–water partition coefficient (Wildman–Crippen LogP) is 1.31. The second-order valence-corrected chi connectivity index (χ2v) is 4.90. The van der Waals surface area contributed by atoms with Crippen molar-refractivity contribution in [1.29, 1.82) is 0 Å². The van der Waals surface area contributed by atoms with Gasteiger partial charge >= 0.3 is 0 Å². The van der Waals surface area contributed by atoms with Crippen LogP contribution in [0.25, 0.3) is 0 Å². The maximum absolute atomic E-state index is 4.53. The number of thioether (sulfide) groups is 1. The van der Waals surface area contributed by atoms with Gasteiger partial charge in [-0.05, 0) is 13.8 Å². The monoisotopic (exact) mass is 224 g/mol. The van der Waals surface area contributed by atoms with Crippen molar-refractivity contribution in [3.05, 3.63) is 17.5 Å². The lowest BCUT2D eigenvalue weighted by Crippen LogP contribution is -2.23. The molecule has 1 aliphatic rings. The largest absolute Gasteiger partial charge is 0.362 e. The van der Waals surface area contributed by atoms with Gasteiger partial charge in [-0.25, -0.2) is 0 Å². The van der Waals surface area contributed by atoms with E-state index in [0.29, 0.717) is 6.04 Å². The van der Waals surface area contributed by atoms with Gasteiger partial charge in [0.1, 0.15) is 0 Å². The Bertz CT molecular complexity index is 383. The second kappa shape index (κ2) is 4.26. The van der Waals surface area contributed by atoms with Crippen LogP contribution in [0.3, 0.4) is 0 Å². The van der Waals surface area contributed by atoms with Gasteiger partial charge in [-0.1, -0.05) is 11.8 Å². The summed E-state index contributed by atoms with van der Waals surface area (Å²) >= 11 is 1.79. The van der Waals surface area contributed by atoms with Gasteiger partial charge in [-0.15, -0.1) is 0 Å². The topological polar surface area (TPSA) is 42.2 Å². The molecule has 0 saturated carbocycles. The molecule has 1 saturated heterocycles. The maximum atomic E-state index is 4.53. The molecule has 82 valence electrons. The molecule has 1 N–H and O–H groups in total. The van der Waals surface area contributed by atoms with Crippen molar-refractivity contribution in [3.8, 4) is 0 Å². The Morgan fingerprint density at radius 3 is 3.07 bits per heavy atom. The molecule has 0 aliphatic carbocycles. The minimum Gasteiger partial charge on any atom is -0.362 e. The molecule has 15 heavy (non-hydrogen) atoms. The van der Waals surface area contributed by atoms with Crippen molar-refractivity contribution in [2.45, 2.75) is 26.4 Å². The van der Waals surface area contributed by atoms with Crippen LogP contribution in [-0.4, -0.2) is 26.7 Å². The van der Waals surface area contributed by atoms with E-state index in [4.69, 9.17) is 0 Å². The van der Waals surface area contributed by atoms with Gasteiger partial charge in [0.05, 0.1) is 12.2 Å². The Morgan fingerprint density at radius 2 is 2.53 bits per heavy atom. The van der Waals surface area contributed by atoms with Crippen LogP contribution in [0.15, 0.2) is 11.2 Å². The van der Waals surface area contributed by atoms with Crippen molar-refractivity contribution in [3.63, 3.8) is 0 Å². The third-order valence-electron chi connectivity index (χ3n) is 2.35. The Kier molecular flexibility index (Phi) is 3.00. The Hall–Kier alpha value is -0.970. The number of nitrogens with one attached hydrogen (secondary N) is 1. The highest BCUT2D eigenvalue weighted by atomic mass is 32.2. The molecule has 2 rings (SSSR count). The minimum atomic E-state index is 0.545. The molecule has 0 bridgehead atoms. The molecular formula is C10H16N4S. The van der Waals surface area contributed by atoms with Crippen LogP contribution >= 0.6 is 11.8 Å². The first-order chi connectivity index (χ1) is 7.15. The molecule has 0 aromatic carbocycles. The molecular weight excluding hydrogens is 208 g/mol. The fourth-order valence-electron chi connectivity index (χ4n) is 1.55. The SMILES string of the molecule is Cc1nn(C)cc1CN=C1NC(C)CS1. The summed E-state index contributed by atoms with van der Waals surface area (Å²) in [4.78, 5) is 4.53. The van der Waals surface area contributed by atoms with Crippen molar-refractivity contribution < 1.29 is 0 Å². The van der Waals surface area contributed by atoms with E-state index in [1.165, 1.54) is 5.56 Å². The Balaban J connectivity index is 2.01. The zero-order valence-corrected chi connectivity index (χ0v) is 10.1. The zero-order valence-electron chi connectivity index (χ0n) is 9.32. The van der Waals surface area contributed by atoms with Gasteiger partial charge in [0.2, 0.25) is 0 Å². The molecule has 0 radical (unpaired) electrons. The molecule has 4 nitrogen and oxygen atoms in total. The first kappa shape index (κ1) is 10.5. The molecule has 1 fully saturated rings. The highest BCUT2D eigenvalue weighted by Gasteiger charge is 2.15. The van der Waals surface area contributed by atoms with E-state index in [2.05, 4.69) is 22.3 Å². The first-order valence-corrected chi connectivity index (χ1v) is 6.06. The molecule has 1 atom stereocenters. The van der Waals surface area contributed by atoms with Crippen LogP contribution in [0.2, 0.25) is 0 Å². The molecule has 0 spiro atoms. The summed E-state index contributed by atoms with van der Waals surface area (Å²) in [7, 11) is 1.94. The highest BCUT2D eigenvalue weighted by molar-refractivity contribution is 8.14. The van der Waals surface area contributed by atoms with E-state index in [9.17, 15) is 0 Å². The molecule has 1 aromatic heterocycles. The van der Waals surface area contributed by atoms with Gasteiger partial charge < -0.3 is 5.32 Å². The Morgan fingerprint density at radius 1 is 1.73 bits per heavy atom. The molecule has 2 heterocycles. The van der Waals surface area contributed by atoms with Crippen LogP contribution < -0.4 is 5.32 Å². The quantitative estimate of drug-likeness (QED) is 0.823. The average Bonchev–Trinajstić information content (AvgIpc) is 2.70. The minimum absolute atomic E-state index is 0.545. The molecule has 1 aromatic rings. The normalized spacial score (nSPS) is 23.4. The summed E-state index contributed by atoms with van der Waals surface area (Å²) in [6, 6.07) is 0.545. The van der Waals surface area contributed by atoms with Crippen LogP contribution in [0, 0.1) is 6.92 Å². The third-order valence-corrected chi connectivity index (χ3v) is 3.54. The summed E-state index contributed by atoms with van der Waals surface area (Å²) in [5, 5.41) is 8.69. The van der Waals surface area contributed by atoms with Crippen molar-refractivity contribution in [2.75, 3.05) is 5.75 Å². The van der Waals surface area contributed by atoms with E-state index in [1.54, 1.807) is 11.8 Å². The second-order valence-electron chi connectivity index (χ2n) is 3.89. The van der Waals surface area contributed by atoms with Crippen LogP contribution in [0.1, 0.15) is 18.2 Å². The Labute approximate surface area is 94.2 Å². The summed E-state index contributed by atoms with van der Waals surface area (Å²) in [6.07, 6.45) is 2.03. The summed E-state index contributed by atoms with van der Waals surface area (Å²) in [6.45, 7) is 4.92. The fraction of sp³-hybridized carbons (Fsp3) is 0.600. The summed E-state index contributed by atoms with van der Waals surface area (Å²) in [5.74, 6) is 1.12. The number of hydrogen-bond donors (Lipinski definition) is 1. The van der Waals surface area contributed by atoms with E-state index in [1.807, 2.05) is 24.9 Å². The lowest BCUT2D eigenvalue weighted by atomic mass is 10.3. The molecule has 0 amide bonds. The highest BCUT2D eigenvalue weighted by Crippen LogP contribution is 2.14. The number of amidine groups is 1. The van der Waals surface area contributed by atoms with Gasteiger partial charge in [0, 0.05) is 30.6 Å². The number of aryl methyl sites for hydroxylation is 2. The molecule has 1 aliphatic heterocycles. The van der Waals surface area contributed by atoms with Crippen LogP contribution in [0.4, 0.5) is 0 Å². The third kappa shape index (κ3) is 2.53. The summed E-state index contributed by atoms with van der Waals surface area (Å²) in [5.41, 5.74) is 2.27. The number of hydrogen-bond acceptors (Lipinski definition) is 3. The van der Waals surface area contributed by atoms with Crippen LogP contribution in [0.5, 0.6) is 0 Å². The number of nitrogens with zero attached hydrogens (tertiary/aromatic N) is 3. The van der Waals surface area contributed by atoms with Crippen molar-refractivity contribution in [1.82, 2.24) is 15.1 Å². The number of aliphatic imine (C=N–C) groups is 1. The lowest BCUT2D eigenvalue weighted by Gasteiger charge is -2.00. The lowest BCUT2D eigenvalue weighted by molar-refractivity contribution is 0.756. The van der Waals surface area contributed by atoms with E-state index in [-0.39, 0.29) is 0 Å². The number of rotatable bonds is 2. The van der Waals surface area contributed by atoms with Crippen LogP contribution in [-0.2, 0) is 13.6 Å². The van der Waals surface area contributed by atoms with E-state index < -0.39 is 0 Å². The van der Waals surface area contributed by atoms with Crippen molar-refractivity contribution in [2.24, 2.45) is 12.0 Å². The van der Waals surface area contributed by atoms with Gasteiger partial charge in [0.25, 0.3) is 0 Å². The van der Waals surface area contributed by atoms with Crippen molar-refractivity contribution >= 4 is 16.9 Å². The first-order valence-electron chi connectivity index (χ1n) is 5.08. The zero-order chi connectivity index (χ0) is 10.8. The van der Waals surface area contributed by atoms with Gasteiger partial charge in [-0.2, -0.15) is 5.10 Å². The molecule has 1 unspecified atom stereocenters. The smallest absolute Gasteiger partial charge is 0.157 e. The fourth-order valence-corrected chi connectivity index (χ4v) is 2.48.